The van der Waals surface area contributed by atoms with Crippen molar-refractivity contribution >= 4 is 41.8 Å². The van der Waals surface area contributed by atoms with Crippen LogP contribution >= 0.6 is 0 Å². The average molecular weight is 1650 g/mol. The van der Waals surface area contributed by atoms with Crippen LogP contribution in [0.15, 0.2) is 0 Å². The van der Waals surface area contributed by atoms with Crippen LogP contribution in [0.25, 0.3) is 0 Å². The van der Waals surface area contributed by atoms with E-state index in [1.165, 1.54) is 70.6 Å². The predicted molar refractivity (Wildman–Crippen MR) is 494 cm³/mol. The summed E-state index contributed by atoms with van der Waals surface area (Å²) in [5.74, 6) is 6.51. The molecule has 7 fully saturated rings. The lowest BCUT2D eigenvalue weighted by molar-refractivity contribution is -0.145. The molecule has 0 amide bonds. The molecule has 698 valence electrons. The Kier molecular flexibility index (Phi) is 93.9. The van der Waals surface area contributed by atoms with Crippen molar-refractivity contribution in [2.24, 2.45) is 130 Å². The zero-order chi connectivity index (χ0) is 76.1. The number of aliphatic hydroxyl groups excluding tert-OH is 2. The third kappa shape index (κ3) is 50.9. The van der Waals surface area contributed by atoms with Crippen molar-refractivity contribution in [3.8, 4) is 0 Å². The number of carbonyl (C=O) groups is 7. The Morgan fingerprint density at radius 2 is 0.632 bits per heavy atom. The quantitative estimate of drug-likeness (QED) is 0.0299. The van der Waals surface area contributed by atoms with Gasteiger partial charge in [0.2, 0.25) is 0 Å². The van der Waals surface area contributed by atoms with Crippen LogP contribution in [0.2, 0.25) is 0 Å². The molecule has 0 aromatic heterocycles. The van der Waals surface area contributed by atoms with Gasteiger partial charge in [-0.05, 0) is 228 Å². The van der Waals surface area contributed by atoms with Gasteiger partial charge in [-0.15, -0.1) is 0 Å². The zero-order valence-corrected chi connectivity index (χ0v) is 65.9. The number of hydrogen-bond acceptors (Lipinski definition) is 10. The minimum atomic E-state index is -1.05. The van der Waals surface area contributed by atoms with Crippen molar-refractivity contribution in [1.82, 2.24) is 0 Å². The van der Waals surface area contributed by atoms with Gasteiger partial charge in [-0.3, -0.25) is 33.6 Å². The fourth-order valence-corrected chi connectivity index (χ4v) is 19.9. The Morgan fingerprint density at radius 3 is 0.974 bits per heavy atom. The average Bonchev–Trinajstić information content (AvgIpc) is 1.62. The van der Waals surface area contributed by atoms with Crippen molar-refractivity contribution in [2.75, 3.05) is 0 Å². The van der Waals surface area contributed by atoms with Gasteiger partial charge in [-0.1, -0.05) is 298 Å². The molecule has 25 unspecified atom stereocenters. The fourth-order valence-electron chi connectivity index (χ4n) is 19.9. The minimum Gasteiger partial charge on any atom is -0.481 e. The SMILES string of the molecule is C.C.C.C.C.C.C.C.C.C.C.C.C.C.CCC1CC(CC)C(C(=O)O)C1.CCC1CC(CC)C(C(C)(O)CC(=O)O)C1.CCC1CC(CC)C(C(C)C(=O)O)C1.CCC1CC(CC)C(C(O)CC(=O)O)C1.CCC1CC(CC)C(CC(=O)O)C1.CCC1CC(CC)C(CC(O)CC(=O)O)C1.CCC1CC(CC)C(CCC(=O)O)C1. The second kappa shape index (κ2) is 75.4. The summed E-state index contributed by atoms with van der Waals surface area (Å²) in [5, 5.41) is 91.3. The molecule has 7 aliphatic carbocycles. The summed E-state index contributed by atoms with van der Waals surface area (Å²) in [5.41, 5.74) is -1.05. The van der Waals surface area contributed by atoms with E-state index in [1.54, 1.807) is 6.92 Å². The maximum atomic E-state index is 10.9. The first-order valence-corrected chi connectivity index (χ1v) is 40.8. The number of aliphatic carboxylic acids is 7. The summed E-state index contributed by atoms with van der Waals surface area (Å²) in [7, 11) is 0. The van der Waals surface area contributed by atoms with Crippen LogP contribution in [-0.4, -0.2) is 111 Å². The summed E-state index contributed by atoms with van der Waals surface area (Å²) in [4.78, 5) is 74.7. The van der Waals surface area contributed by atoms with Gasteiger partial charge in [-0.2, -0.15) is 0 Å². The van der Waals surface area contributed by atoms with Gasteiger partial charge in [-0.25, -0.2) is 0 Å². The van der Waals surface area contributed by atoms with E-state index in [9.17, 15) is 48.9 Å². The van der Waals surface area contributed by atoms with Crippen LogP contribution in [0.4, 0.5) is 0 Å². The topological polar surface area (TPSA) is 322 Å². The van der Waals surface area contributed by atoms with E-state index >= 15 is 0 Å². The highest BCUT2D eigenvalue weighted by molar-refractivity contribution is 5.71. The van der Waals surface area contributed by atoms with Crippen molar-refractivity contribution in [3.63, 3.8) is 0 Å². The molecule has 7 aliphatic rings. The standard InChI is InChI=1S/2C13H24O3.C12H22O3.2C12H22O2.C11H20O2.C10H18O2.14CH4/c1-4-9-6-10(5-2)11(7-9)13(3,16)8-12(14)15;1-3-9-5-10(4-2)11(6-9)7-12(14)8-13(15)16;1-3-8-5-9(4-2)10(6-8)11(13)7-12(14)15;1-4-9-6-10(5-2)11(7-9)8(3)12(13)14;1-3-9-7-10(4-2)11(8-9)5-6-12(13)14;1-3-8-5-9(4-2)10(6-8)7-11(12)13;1-3-7-5-8(4-2)9(6-7)10(11)12;;;;;;;;;;;;;;/h9-11,16H,4-8H2,1-3H3,(H,14,15);9-12,14H,3-8H2,1-2H3,(H,15,16);8-11,13H,3-7H2,1-2H3,(H,14,15);8-11H,4-7H2,1-3H3,(H,13,14);9-11H,3-8H2,1-2H3,(H,13,14);8-10H,3-7H2,1-2H3,(H,12,13);7-9H,3-6H2,1-2H3,(H,11,12);14*1H4. The molecule has 10 N–H and O–H groups in total. The van der Waals surface area contributed by atoms with Gasteiger partial charge in [0.05, 0.1) is 48.9 Å². The second-order valence-electron chi connectivity index (χ2n) is 32.8. The summed E-state index contributed by atoms with van der Waals surface area (Å²) >= 11 is 0. The highest BCUT2D eigenvalue weighted by Gasteiger charge is 2.45. The molecule has 0 spiro atoms. The third-order valence-corrected chi connectivity index (χ3v) is 26.5. The minimum absolute atomic E-state index is 0. The highest BCUT2D eigenvalue weighted by atomic mass is 16.4. The first kappa shape index (κ1) is 142. The number of carboxylic acids is 7. The zero-order valence-electron chi connectivity index (χ0n) is 65.9. The smallest absolute Gasteiger partial charge is 0.306 e. The molecule has 0 aliphatic heterocycles. The summed E-state index contributed by atoms with van der Waals surface area (Å²) in [6.07, 6.45) is 32.9. The number of hydrogen-bond donors (Lipinski definition) is 10. The normalized spacial score (nSPS) is 29.2. The lowest BCUT2D eigenvalue weighted by Crippen LogP contribution is -2.38. The molecule has 114 heavy (non-hydrogen) atoms. The summed E-state index contributed by atoms with van der Waals surface area (Å²) in [6, 6.07) is 0. The van der Waals surface area contributed by atoms with Gasteiger partial charge < -0.3 is 51.1 Å². The molecule has 0 radical (unpaired) electrons. The number of carboxylic acid groups (broad SMARTS) is 7. The van der Waals surface area contributed by atoms with Gasteiger partial charge in [0.1, 0.15) is 0 Å². The highest BCUT2D eigenvalue weighted by Crippen LogP contribution is 2.49. The molecule has 0 aromatic rings. The Bertz CT molecular complexity index is 2290. The lowest BCUT2D eigenvalue weighted by Gasteiger charge is -2.32. The van der Waals surface area contributed by atoms with Crippen molar-refractivity contribution in [2.45, 2.75) is 457 Å². The Morgan fingerprint density at radius 1 is 0.325 bits per heavy atom. The van der Waals surface area contributed by atoms with Crippen LogP contribution in [0, 0.1) is 130 Å². The maximum Gasteiger partial charge on any atom is 0.306 e. The molecule has 25 atom stereocenters. The fraction of sp³-hybridized carbons (Fsp3) is 0.928. The van der Waals surface area contributed by atoms with E-state index in [0.717, 1.165) is 145 Å². The summed E-state index contributed by atoms with van der Waals surface area (Å²) < 4.78 is 0. The van der Waals surface area contributed by atoms with Crippen molar-refractivity contribution in [1.29, 1.82) is 0 Å². The molecule has 0 bridgehead atoms. The van der Waals surface area contributed by atoms with Crippen molar-refractivity contribution < 1.29 is 84.6 Å². The van der Waals surface area contributed by atoms with E-state index in [4.69, 9.17) is 35.7 Å². The van der Waals surface area contributed by atoms with Crippen LogP contribution in [0.1, 0.15) is 439 Å². The number of aliphatic hydroxyl groups is 3. The maximum absolute atomic E-state index is 10.9. The molecule has 0 heterocycles. The van der Waals surface area contributed by atoms with Gasteiger partial charge in [0.25, 0.3) is 0 Å². The molecular formula is C97H208O17. The van der Waals surface area contributed by atoms with E-state index in [2.05, 4.69) is 96.9 Å². The van der Waals surface area contributed by atoms with Crippen LogP contribution in [-0.2, 0) is 33.6 Å². The van der Waals surface area contributed by atoms with E-state index < -0.39 is 59.6 Å². The molecule has 0 aromatic carbocycles. The van der Waals surface area contributed by atoms with Crippen LogP contribution < -0.4 is 0 Å². The molecular weight excluding hydrogens is 1440 g/mol. The number of rotatable bonds is 32. The van der Waals surface area contributed by atoms with Gasteiger partial charge in [0, 0.05) is 12.8 Å². The molecule has 7 rings (SSSR count). The van der Waals surface area contributed by atoms with E-state index in [-0.39, 0.29) is 147 Å². The predicted octanol–water partition coefficient (Wildman–Crippen LogP) is 28.5. The third-order valence-electron chi connectivity index (χ3n) is 26.5. The molecule has 17 heteroatoms. The van der Waals surface area contributed by atoms with Gasteiger partial charge in [0.15, 0.2) is 0 Å². The second-order valence-corrected chi connectivity index (χ2v) is 32.8. The molecule has 17 nitrogen and oxygen atoms in total. The molecule has 7 saturated carbocycles. The van der Waals surface area contributed by atoms with Crippen molar-refractivity contribution in [3.05, 3.63) is 0 Å². The Balaban J connectivity index is -0.0000000837. The van der Waals surface area contributed by atoms with E-state index in [0.29, 0.717) is 96.2 Å². The van der Waals surface area contributed by atoms with Crippen LogP contribution in [0.3, 0.4) is 0 Å². The van der Waals surface area contributed by atoms with Crippen LogP contribution in [0.5, 0.6) is 0 Å². The molecule has 0 saturated heterocycles. The van der Waals surface area contributed by atoms with E-state index in [1.807, 2.05) is 6.92 Å². The largest absolute Gasteiger partial charge is 0.481 e. The first-order chi connectivity index (χ1) is 47.2. The Labute approximate surface area is 710 Å². The Hall–Kier alpha value is -3.83. The van der Waals surface area contributed by atoms with Gasteiger partial charge >= 0.3 is 41.8 Å². The first-order valence-electron chi connectivity index (χ1n) is 40.8. The lowest BCUT2D eigenvalue weighted by atomic mass is 9.78. The monoisotopic (exact) mass is 1650 g/mol. The summed E-state index contributed by atoms with van der Waals surface area (Å²) in [6.45, 7) is 34.1.